The number of esters is 1. The highest BCUT2D eigenvalue weighted by molar-refractivity contribution is 7.80. The van der Waals surface area contributed by atoms with Crippen molar-refractivity contribution < 1.29 is 19.4 Å². The summed E-state index contributed by atoms with van der Waals surface area (Å²) in [5, 5.41) is 13.2. The quantitative estimate of drug-likeness (QED) is 0.432. The monoisotopic (exact) mass is 417 g/mol. The van der Waals surface area contributed by atoms with Crippen molar-refractivity contribution in [2.24, 2.45) is 5.92 Å². The molecule has 2 N–H and O–H groups in total. The Bertz CT molecular complexity index is 1220. The Morgan fingerprint density at radius 1 is 1.00 bits per heavy atom. The summed E-state index contributed by atoms with van der Waals surface area (Å²) in [7, 11) is 0. The van der Waals surface area contributed by atoms with E-state index in [9.17, 15) is 9.90 Å². The first kappa shape index (κ1) is 18.6. The zero-order valence-electron chi connectivity index (χ0n) is 16.4. The van der Waals surface area contributed by atoms with Gasteiger partial charge in [-0.25, -0.2) is 4.79 Å². The zero-order chi connectivity index (χ0) is 21.0. The molecule has 1 unspecified atom stereocenters. The molecular weight excluding hydrogens is 398 g/mol. The molecule has 3 aromatic rings. The van der Waals surface area contributed by atoms with Crippen molar-refractivity contribution in [3.05, 3.63) is 82.9 Å². The van der Waals surface area contributed by atoms with Gasteiger partial charge in [-0.1, -0.05) is 56.4 Å². The standard InChI is InChI=1S/C24H19NO4S/c1-13(2)22(30)25-18-8-5-7-17-21(18)23(27)29-24(17)15-6-3-4-9-19(15)28-20-12-14(26)10-11-16(20)24/h3-13,26H,1-2H3,(H,25,30). The minimum atomic E-state index is -1.17. The molecule has 2 aliphatic heterocycles. The van der Waals surface area contributed by atoms with E-state index in [2.05, 4.69) is 5.32 Å². The van der Waals surface area contributed by atoms with Crippen molar-refractivity contribution in [3.63, 3.8) is 0 Å². The molecule has 2 heterocycles. The molecule has 0 amide bonds. The van der Waals surface area contributed by atoms with E-state index >= 15 is 0 Å². The summed E-state index contributed by atoms with van der Waals surface area (Å²) in [5.74, 6) is 0.799. The number of hydrogen-bond donors (Lipinski definition) is 2. The molecular formula is C24H19NO4S. The lowest BCUT2D eigenvalue weighted by Crippen LogP contribution is -2.32. The van der Waals surface area contributed by atoms with Crippen molar-refractivity contribution in [1.29, 1.82) is 0 Å². The van der Waals surface area contributed by atoms with E-state index in [-0.39, 0.29) is 11.7 Å². The van der Waals surface area contributed by atoms with Gasteiger partial charge in [0.2, 0.25) is 0 Å². The van der Waals surface area contributed by atoms with E-state index < -0.39 is 11.6 Å². The third kappa shape index (κ3) is 2.53. The highest BCUT2D eigenvalue weighted by atomic mass is 32.1. The van der Waals surface area contributed by atoms with Crippen LogP contribution in [0.3, 0.4) is 0 Å². The van der Waals surface area contributed by atoms with Crippen molar-refractivity contribution >= 4 is 28.9 Å². The molecule has 0 radical (unpaired) electrons. The second-order valence-electron chi connectivity index (χ2n) is 7.72. The Kier molecular flexibility index (Phi) is 4.08. The second-order valence-corrected chi connectivity index (χ2v) is 8.16. The molecule has 6 heteroatoms. The number of ether oxygens (including phenoxy) is 2. The van der Waals surface area contributed by atoms with Gasteiger partial charge in [-0.15, -0.1) is 0 Å². The molecule has 1 atom stereocenters. The first-order valence-corrected chi connectivity index (χ1v) is 10.1. The van der Waals surface area contributed by atoms with E-state index in [1.54, 1.807) is 12.1 Å². The zero-order valence-corrected chi connectivity index (χ0v) is 17.2. The molecule has 0 saturated heterocycles. The number of carbonyl (C=O) groups is 1. The second kappa shape index (κ2) is 6.57. The number of para-hydroxylation sites is 1. The highest BCUT2D eigenvalue weighted by Gasteiger charge is 2.54. The predicted molar refractivity (Wildman–Crippen MR) is 117 cm³/mol. The fourth-order valence-corrected chi connectivity index (χ4v) is 4.20. The summed E-state index contributed by atoms with van der Waals surface area (Å²) in [6.07, 6.45) is 0. The van der Waals surface area contributed by atoms with Crippen LogP contribution in [0.5, 0.6) is 17.2 Å². The number of fused-ring (bicyclic) bond motifs is 6. The number of benzene rings is 3. The Morgan fingerprint density at radius 3 is 2.53 bits per heavy atom. The molecule has 150 valence electrons. The van der Waals surface area contributed by atoms with Gasteiger partial charge in [0.1, 0.15) is 17.2 Å². The van der Waals surface area contributed by atoms with Crippen molar-refractivity contribution in [2.45, 2.75) is 19.4 Å². The third-order valence-corrected chi connectivity index (χ3v) is 6.08. The molecule has 5 nitrogen and oxygen atoms in total. The molecule has 30 heavy (non-hydrogen) atoms. The van der Waals surface area contributed by atoms with E-state index in [1.807, 2.05) is 56.3 Å². The Balaban J connectivity index is 1.79. The van der Waals surface area contributed by atoms with Crippen LogP contribution in [0.15, 0.2) is 60.7 Å². The first-order chi connectivity index (χ1) is 14.4. The molecule has 0 bridgehead atoms. The Labute approximate surface area is 179 Å². The number of aromatic hydroxyl groups is 1. The number of phenolic OH excluding ortho intramolecular Hbond substituents is 1. The van der Waals surface area contributed by atoms with Crippen LogP contribution in [0.1, 0.15) is 40.9 Å². The van der Waals surface area contributed by atoms with Crippen LogP contribution >= 0.6 is 12.2 Å². The molecule has 0 saturated carbocycles. The summed E-state index contributed by atoms with van der Waals surface area (Å²) in [4.78, 5) is 13.8. The van der Waals surface area contributed by atoms with Gasteiger partial charge < -0.3 is 19.9 Å². The number of hydrogen-bond acceptors (Lipinski definition) is 5. The number of anilines is 1. The van der Waals surface area contributed by atoms with Gasteiger partial charge in [-0.05, 0) is 24.3 Å². The van der Waals surface area contributed by atoms with E-state index in [1.165, 1.54) is 6.07 Å². The maximum Gasteiger partial charge on any atom is 0.342 e. The smallest absolute Gasteiger partial charge is 0.342 e. The van der Waals surface area contributed by atoms with Gasteiger partial charge in [0.15, 0.2) is 5.60 Å². The van der Waals surface area contributed by atoms with Gasteiger partial charge in [0.05, 0.1) is 16.2 Å². The lowest BCUT2D eigenvalue weighted by atomic mass is 9.77. The maximum absolute atomic E-state index is 13.2. The molecule has 5 rings (SSSR count). The lowest BCUT2D eigenvalue weighted by molar-refractivity contribution is 0.0225. The Hall–Kier alpha value is -3.38. The summed E-state index contributed by atoms with van der Waals surface area (Å²) < 4.78 is 12.2. The maximum atomic E-state index is 13.2. The van der Waals surface area contributed by atoms with E-state index in [0.717, 1.165) is 5.56 Å². The molecule has 0 aliphatic carbocycles. The van der Waals surface area contributed by atoms with Crippen LogP contribution in [0.2, 0.25) is 0 Å². The van der Waals surface area contributed by atoms with E-state index in [0.29, 0.717) is 38.9 Å². The number of phenols is 1. The van der Waals surface area contributed by atoms with Crippen LogP contribution < -0.4 is 10.1 Å². The average Bonchev–Trinajstić information content (AvgIpc) is 3.02. The van der Waals surface area contributed by atoms with Crippen molar-refractivity contribution in [1.82, 2.24) is 0 Å². The molecule has 2 aliphatic rings. The summed E-state index contributed by atoms with van der Waals surface area (Å²) in [5.41, 5.74) is 2.02. The average molecular weight is 417 g/mol. The van der Waals surface area contributed by atoms with Crippen LogP contribution in [0, 0.1) is 5.92 Å². The number of nitrogens with one attached hydrogen (secondary N) is 1. The summed E-state index contributed by atoms with van der Waals surface area (Å²) >= 11 is 5.45. The molecule has 0 fully saturated rings. The Morgan fingerprint density at radius 2 is 1.73 bits per heavy atom. The minimum absolute atomic E-state index is 0.0746. The fraction of sp³-hybridized carbons (Fsp3) is 0.167. The van der Waals surface area contributed by atoms with Crippen molar-refractivity contribution in [3.8, 4) is 17.2 Å². The molecule has 0 aromatic heterocycles. The van der Waals surface area contributed by atoms with Gasteiger partial charge in [0.25, 0.3) is 0 Å². The largest absolute Gasteiger partial charge is 0.508 e. The summed E-state index contributed by atoms with van der Waals surface area (Å²) in [6.45, 7) is 3.99. The van der Waals surface area contributed by atoms with E-state index in [4.69, 9.17) is 21.7 Å². The SMILES string of the molecule is CC(C)C(=S)Nc1cccc2c1C(=O)OC21c2ccccc2Oc2cc(O)ccc21. The van der Waals surface area contributed by atoms with Crippen LogP contribution in [0.25, 0.3) is 0 Å². The van der Waals surface area contributed by atoms with Crippen LogP contribution in [-0.2, 0) is 10.3 Å². The lowest BCUT2D eigenvalue weighted by Gasteiger charge is -2.36. The normalized spacial score (nSPS) is 18.3. The van der Waals surface area contributed by atoms with Crippen LogP contribution in [0.4, 0.5) is 5.69 Å². The molecule has 3 aromatic carbocycles. The predicted octanol–water partition coefficient (Wildman–Crippen LogP) is 5.36. The van der Waals surface area contributed by atoms with Gasteiger partial charge >= 0.3 is 5.97 Å². The highest BCUT2D eigenvalue weighted by Crippen LogP contribution is 2.57. The third-order valence-electron chi connectivity index (χ3n) is 5.51. The van der Waals surface area contributed by atoms with Gasteiger partial charge in [0, 0.05) is 28.7 Å². The first-order valence-electron chi connectivity index (χ1n) is 9.70. The number of thiocarbonyl (C=S) groups is 1. The van der Waals surface area contributed by atoms with Crippen LogP contribution in [-0.4, -0.2) is 16.1 Å². The number of rotatable bonds is 2. The van der Waals surface area contributed by atoms with Gasteiger partial charge in [-0.2, -0.15) is 0 Å². The fourth-order valence-electron chi connectivity index (χ4n) is 4.09. The summed E-state index contributed by atoms with van der Waals surface area (Å²) in [6, 6.07) is 17.9. The van der Waals surface area contributed by atoms with Crippen molar-refractivity contribution in [2.75, 3.05) is 5.32 Å². The van der Waals surface area contributed by atoms with Gasteiger partial charge in [-0.3, -0.25) is 0 Å². The minimum Gasteiger partial charge on any atom is -0.508 e. The number of carbonyl (C=O) groups excluding carboxylic acids is 1. The topological polar surface area (TPSA) is 67.8 Å². The molecule has 1 spiro atoms.